The Hall–Kier alpha value is -2.62. The molecule has 2 rings (SSSR count). The van der Waals surface area contributed by atoms with Crippen molar-refractivity contribution >= 4 is 17.9 Å². The largest absolute Gasteiger partial charge is 0.390 e. The Morgan fingerprint density at radius 1 is 1.10 bits per heavy atom. The maximum atomic E-state index is 5.43. The SMILES string of the molecule is CN=C(c1ccccc1N=CN)N(C)Cc1ccccc1. The summed E-state index contributed by atoms with van der Waals surface area (Å²) in [5, 5.41) is 0. The topological polar surface area (TPSA) is 54.0 Å². The van der Waals surface area contributed by atoms with Crippen molar-refractivity contribution in [1.82, 2.24) is 4.90 Å². The Balaban J connectivity index is 2.28. The molecule has 0 aromatic heterocycles. The predicted molar refractivity (Wildman–Crippen MR) is 89.2 cm³/mol. The van der Waals surface area contributed by atoms with Gasteiger partial charge in [-0.2, -0.15) is 0 Å². The number of aliphatic imine (C=N–C) groups is 2. The van der Waals surface area contributed by atoms with Gasteiger partial charge < -0.3 is 10.6 Å². The highest BCUT2D eigenvalue weighted by molar-refractivity contribution is 6.03. The van der Waals surface area contributed by atoms with Gasteiger partial charge in [0.25, 0.3) is 0 Å². The standard InChI is InChI=1S/C17H20N4/c1-19-17(15-10-6-7-11-16(15)20-13-18)21(2)12-14-8-4-3-5-9-14/h3-11,13H,12H2,1-2H3,(H2,18,20). The average molecular weight is 280 g/mol. The van der Waals surface area contributed by atoms with Crippen molar-refractivity contribution in [2.45, 2.75) is 6.54 Å². The van der Waals surface area contributed by atoms with E-state index in [1.807, 2.05) is 49.5 Å². The summed E-state index contributed by atoms with van der Waals surface area (Å²) in [5.41, 5.74) is 8.45. The van der Waals surface area contributed by atoms with E-state index in [0.717, 1.165) is 23.6 Å². The van der Waals surface area contributed by atoms with Crippen molar-refractivity contribution in [2.24, 2.45) is 15.7 Å². The lowest BCUT2D eigenvalue weighted by Crippen LogP contribution is -2.27. The molecule has 0 aliphatic carbocycles. The Bertz CT molecular complexity index is 632. The van der Waals surface area contributed by atoms with Crippen LogP contribution >= 0.6 is 0 Å². The molecule has 4 heteroatoms. The van der Waals surface area contributed by atoms with Gasteiger partial charge in [0.05, 0.1) is 12.0 Å². The molecule has 0 bridgehead atoms. The number of rotatable bonds is 4. The molecular formula is C17H20N4. The highest BCUT2D eigenvalue weighted by Crippen LogP contribution is 2.21. The molecule has 0 fully saturated rings. The zero-order valence-corrected chi connectivity index (χ0v) is 12.4. The van der Waals surface area contributed by atoms with Crippen LogP contribution in [0.25, 0.3) is 0 Å². The molecule has 0 heterocycles. The molecule has 108 valence electrons. The molecule has 21 heavy (non-hydrogen) atoms. The van der Waals surface area contributed by atoms with Crippen molar-refractivity contribution in [3.05, 3.63) is 65.7 Å². The number of benzene rings is 2. The minimum absolute atomic E-state index is 0.786. The van der Waals surface area contributed by atoms with Crippen LogP contribution in [0.3, 0.4) is 0 Å². The molecule has 2 N–H and O–H groups in total. The van der Waals surface area contributed by atoms with Crippen LogP contribution in [0, 0.1) is 0 Å². The third-order valence-electron chi connectivity index (χ3n) is 3.19. The maximum Gasteiger partial charge on any atom is 0.132 e. The first-order valence-electron chi connectivity index (χ1n) is 6.81. The smallest absolute Gasteiger partial charge is 0.132 e. The van der Waals surface area contributed by atoms with Gasteiger partial charge in [0, 0.05) is 26.2 Å². The Morgan fingerprint density at radius 2 is 1.76 bits per heavy atom. The van der Waals surface area contributed by atoms with Gasteiger partial charge >= 0.3 is 0 Å². The summed E-state index contributed by atoms with van der Waals surface area (Å²) in [6.07, 6.45) is 1.31. The molecule has 0 radical (unpaired) electrons. The van der Waals surface area contributed by atoms with E-state index < -0.39 is 0 Å². The summed E-state index contributed by atoms with van der Waals surface area (Å²) in [6, 6.07) is 18.2. The Kier molecular flexibility index (Phi) is 5.10. The van der Waals surface area contributed by atoms with Crippen LogP contribution < -0.4 is 5.73 Å². The van der Waals surface area contributed by atoms with E-state index >= 15 is 0 Å². The summed E-state index contributed by atoms with van der Waals surface area (Å²) < 4.78 is 0. The second-order valence-electron chi connectivity index (χ2n) is 4.68. The first kappa shape index (κ1) is 14.8. The molecule has 2 aromatic rings. The molecule has 0 spiro atoms. The molecule has 0 amide bonds. The van der Waals surface area contributed by atoms with Gasteiger partial charge in [-0.1, -0.05) is 42.5 Å². The predicted octanol–water partition coefficient (Wildman–Crippen LogP) is 2.81. The number of amidine groups is 1. The third-order valence-corrected chi connectivity index (χ3v) is 3.19. The molecule has 0 unspecified atom stereocenters. The van der Waals surface area contributed by atoms with E-state index in [-0.39, 0.29) is 0 Å². The summed E-state index contributed by atoms with van der Waals surface area (Å²) in [6.45, 7) is 0.786. The minimum atomic E-state index is 0.786. The number of hydrogen-bond donors (Lipinski definition) is 1. The van der Waals surface area contributed by atoms with Gasteiger partial charge in [-0.25, -0.2) is 4.99 Å². The molecular weight excluding hydrogens is 260 g/mol. The monoisotopic (exact) mass is 280 g/mol. The third kappa shape index (κ3) is 3.69. The Morgan fingerprint density at radius 3 is 2.43 bits per heavy atom. The zero-order valence-electron chi connectivity index (χ0n) is 12.4. The van der Waals surface area contributed by atoms with Gasteiger partial charge in [0.2, 0.25) is 0 Å². The number of hydrogen-bond acceptors (Lipinski definition) is 2. The quantitative estimate of drug-likeness (QED) is 0.691. The van der Waals surface area contributed by atoms with Crippen molar-refractivity contribution in [3.63, 3.8) is 0 Å². The Labute approximate surface area is 125 Å². The first-order chi connectivity index (χ1) is 10.3. The molecule has 0 aliphatic heterocycles. The van der Waals surface area contributed by atoms with Crippen molar-refractivity contribution < 1.29 is 0 Å². The molecule has 2 aromatic carbocycles. The lowest BCUT2D eigenvalue weighted by atomic mass is 10.1. The lowest BCUT2D eigenvalue weighted by Gasteiger charge is -2.22. The van der Waals surface area contributed by atoms with Crippen LogP contribution in [0.15, 0.2) is 64.6 Å². The zero-order chi connectivity index (χ0) is 15.1. The fraction of sp³-hybridized carbons (Fsp3) is 0.176. The molecule has 0 saturated carbocycles. The second kappa shape index (κ2) is 7.24. The molecule has 0 atom stereocenters. The van der Waals surface area contributed by atoms with E-state index in [9.17, 15) is 0 Å². The highest BCUT2D eigenvalue weighted by Gasteiger charge is 2.12. The van der Waals surface area contributed by atoms with E-state index in [1.54, 1.807) is 7.05 Å². The number of nitrogens with zero attached hydrogens (tertiary/aromatic N) is 3. The van der Waals surface area contributed by atoms with Crippen molar-refractivity contribution in [1.29, 1.82) is 0 Å². The van der Waals surface area contributed by atoms with Gasteiger partial charge in [-0.05, 0) is 17.7 Å². The van der Waals surface area contributed by atoms with E-state index in [2.05, 4.69) is 27.0 Å². The van der Waals surface area contributed by atoms with Crippen molar-refractivity contribution in [2.75, 3.05) is 14.1 Å². The lowest BCUT2D eigenvalue weighted by molar-refractivity contribution is 0.501. The number of para-hydroxylation sites is 1. The molecule has 4 nitrogen and oxygen atoms in total. The highest BCUT2D eigenvalue weighted by atomic mass is 15.2. The van der Waals surface area contributed by atoms with Crippen LogP contribution in [0.5, 0.6) is 0 Å². The summed E-state index contributed by atoms with van der Waals surface area (Å²) in [7, 11) is 3.82. The average Bonchev–Trinajstić information content (AvgIpc) is 2.51. The van der Waals surface area contributed by atoms with Crippen LogP contribution in [0.1, 0.15) is 11.1 Å². The maximum absolute atomic E-state index is 5.43. The van der Waals surface area contributed by atoms with Crippen LogP contribution in [0.2, 0.25) is 0 Å². The normalized spacial score (nSPS) is 11.8. The van der Waals surface area contributed by atoms with Crippen LogP contribution in [-0.4, -0.2) is 31.2 Å². The van der Waals surface area contributed by atoms with E-state index in [1.165, 1.54) is 11.9 Å². The van der Waals surface area contributed by atoms with Crippen molar-refractivity contribution in [3.8, 4) is 0 Å². The van der Waals surface area contributed by atoms with Gasteiger partial charge in [-0.15, -0.1) is 0 Å². The minimum Gasteiger partial charge on any atom is -0.390 e. The molecule has 0 saturated heterocycles. The summed E-state index contributed by atoms with van der Waals surface area (Å²) in [5.74, 6) is 0.889. The summed E-state index contributed by atoms with van der Waals surface area (Å²) >= 11 is 0. The first-order valence-corrected chi connectivity index (χ1v) is 6.81. The van der Waals surface area contributed by atoms with Crippen LogP contribution in [-0.2, 0) is 6.54 Å². The fourth-order valence-corrected chi connectivity index (χ4v) is 2.28. The fourth-order valence-electron chi connectivity index (χ4n) is 2.28. The van der Waals surface area contributed by atoms with Gasteiger partial charge in [0.1, 0.15) is 5.84 Å². The van der Waals surface area contributed by atoms with Gasteiger partial charge in [0.15, 0.2) is 0 Å². The van der Waals surface area contributed by atoms with Gasteiger partial charge in [-0.3, -0.25) is 4.99 Å². The second-order valence-corrected chi connectivity index (χ2v) is 4.68. The molecule has 0 aliphatic rings. The van der Waals surface area contributed by atoms with E-state index in [4.69, 9.17) is 5.73 Å². The number of nitrogens with two attached hydrogens (primary N) is 1. The summed E-state index contributed by atoms with van der Waals surface area (Å²) in [4.78, 5) is 10.7. The van der Waals surface area contributed by atoms with E-state index in [0.29, 0.717) is 0 Å². The van der Waals surface area contributed by atoms with Crippen LogP contribution in [0.4, 0.5) is 5.69 Å².